The molecule has 3 aromatic carbocycles. The predicted octanol–water partition coefficient (Wildman–Crippen LogP) is 7.32. The van der Waals surface area contributed by atoms with Crippen molar-refractivity contribution >= 4 is 61.6 Å². The van der Waals surface area contributed by atoms with E-state index in [2.05, 4.69) is 50.4 Å². The van der Waals surface area contributed by atoms with Crippen molar-refractivity contribution in [3.63, 3.8) is 0 Å². The lowest BCUT2D eigenvalue weighted by molar-refractivity contribution is -0.132. The molecule has 10 heteroatoms. The summed E-state index contributed by atoms with van der Waals surface area (Å²) in [5.74, 6) is -0.437. The van der Waals surface area contributed by atoms with Crippen molar-refractivity contribution < 1.29 is 19.4 Å². The van der Waals surface area contributed by atoms with E-state index in [1.54, 1.807) is 24.3 Å². The number of nitrogens with zero attached hydrogens (tertiary/aromatic N) is 3. The van der Waals surface area contributed by atoms with Gasteiger partial charge in [-0.3, -0.25) is 14.5 Å². The molecule has 1 aliphatic rings. The molecule has 1 aliphatic heterocycles. The Balaban J connectivity index is 1.49. The van der Waals surface area contributed by atoms with Crippen molar-refractivity contribution in [2.24, 2.45) is 0 Å². The number of anilines is 1. The third-order valence-electron chi connectivity index (χ3n) is 6.32. The molecule has 7 nitrogen and oxygen atoms in total. The van der Waals surface area contributed by atoms with Gasteiger partial charge < -0.3 is 9.84 Å². The van der Waals surface area contributed by atoms with E-state index in [9.17, 15) is 14.7 Å². The molecule has 1 N–H and O–H groups in total. The van der Waals surface area contributed by atoms with Crippen LogP contribution in [0.2, 0.25) is 0 Å². The first-order valence-electron chi connectivity index (χ1n) is 12.7. The van der Waals surface area contributed by atoms with Crippen molar-refractivity contribution in [3.05, 3.63) is 105 Å². The van der Waals surface area contributed by atoms with E-state index in [0.717, 1.165) is 16.5 Å². The number of aromatic nitrogens is 2. The van der Waals surface area contributed by atoms with Gasteiger partial charge in [-0.05, 0) is 60.9 Å². The molecule has 4 aromatic rings. The Morgan fingerprint density at radius 2 is 1.73 bits per heavy atom. The molecule has 0 aliphatic carbocycles. The van der Waals surface area contributed by atoms with E-state index >= 15 is 0 Å². The molecule has 1 unspecified atom stereocenters. The van der Waals surface area contributed by atoms with Crippen molar-refractivity contribution in [2.75, 3.05) is 11.5 Å². The van der Waals surface area contributed by atoms with Gasteiger partial charge in [0.1, 0.15) is 11.5 Å². The molecule has 1 saturated heterocycles. The van der Waals surface area contributed by atoms with Gasteiger partial charge in [-0.2, -0.15) is 0 Å². The molecule has 204 valence electrons. The molecule has 2 heterocycles. The lowest BCUT2D eigenvalue weighted by Crippen LogP contribution is -2.29. The van der Waals surface area contributed by atoms with Crippen molar-refractivity contribution in [3.8, 4) is 5.75 Å². The number of benzene rings is 3. The fourth-order valence-corrected chi connectivity index (χ4v) is 6.35. The molecule has 0 spiro atoms. The van der Waals surface area contributed by atoms with Gasteiger partial charge in [0.2, 0.25) is 5.13 Å². The van der Waals surface area contributed by atoms with Gasteiger partial charge in [0.25, 0.3) is 5.78 Å². The maximum Gasteiger partial charge on any atom is 0.301 e. The summed E-state index contributed by atoms with van der Waals surface area (Å²) in [5.41, 5.74) is 3.41. The lowest BCUT2D eigenvalue weighted by Gasteiger charge is -2.22. The average Bonchev–Trinajstić information content (AvgIpc) is 3.54. The van der Waals surface area contributed by atoms with E-state index in [1.165, 1.54) is 33.6 Å². The first kappa shape index (κ1) is 28.1. The molecule has 1 amide bonds. The summed E-state index contributed by atoms with van der Waals surface area (Å²) in [7, 11) is 0. The molecule has 0 bridgehead atoms. The third-order valence-corrected chi connectivity index (χ3v) is 8.97. The minimum atomic E-state index is -0.869. The number of aliphatic hydroxyl groups excluding tert-OH is 1. The summed E-state index contributed by atoms with van der Waals surface area (Å²) < 4.78 is 7.16. The third kappa shape index (κ3) is 5.99. The van der Waals surface area contributed by atoms with Gasteiger partial charge >= 0.3 is 5.91 Å². The number of aliphatic hydroxyl groups is 1. The zero-order valence-corrected chi connectivity index (χ0v) is 25.1. The summed E-state index contributed by atoms with van der Waals surface area (Å²) in [6.45, 7) is 4.64. The molecule has 0 radical (unpaired) electrons. The Morgan fingerprint density at radius 3 is 2.40 bits per heavy atom. The fraction of sp³-hybridized carbons (Fsp3) is 0.200. The van der Waals surface area contributed by atoms with Gasteiger partial charge in [0, 0.05) is 15.8 Å². The number of rotatable bonds is 9. The Bertz CT molecular complexity index is 1550. The number of thioether (sulfide) groups is 1. The smallest absolute Gasteiger partial charge is 0.301 e. The number of aryl methyl sites for hydroxylation is 1. The van der Waals surface area contributed by atoms with Crippen LogP contribution in [-0.2, 0) is 15.3 Å². The van der Waals surface area contributed by atoms with Crippen LogP contribution in [0.4, 0.5) is 5.13 Å². The number of carbonyl (C=O) groups is 2. The van der Waals surface area contributed by atoms with E-state index in [1.807, 2.05) is 38.1 Å². The van der Waals surface area contributed by atoms with Gasteiger partial charge in [-0.1, -0.05) is 87.9 Å². The van der Waals surface area contributed by atoms with Crippen molar-refractivity contribution in [2.45, 2.75) is 36.4 Å². The Kier molecular flexibility index (Phi) is 8.68. The van der Waals surface area contributed by atoms with Crippen LogP contribution in [0.3, 0.4) is 0 Å². The van der Waals surface area contributed by atoms with Crippen molar-refractivity contribution in [1.29, 1.82) is 0 Å². The van der Waals surface area contributed by atoms with Crippen LogP contribution in [0.25, 0.3) is 5.76 Å². The van der Waals surface area contributed by atoms with E-state index < -0.39 is 17.7 Å². The topological polar surface area (TPSA) is 92.6 Å². The highest BCUT2D eigenvalue weighted by atomic mass is 79.9. The Labute approximate surface area is 249 Å². The monoisotopic (exact) mass is 635 g/mol. The average molecular weight is 637 g/mol. The second kappa shape index (κ2) is 12.4. The number of hydrogen-bond acceptors (Lipinski definition) is 8. The summed E-state index contributed by atoms with van der Waals surface area (Å²) in [4.78, 5) is 28.2. The normalized spacial score (nSPS) is 16.5. The zero-order chi connectivity index (χ0) is 28.2. The molecule has 1 fully saturated rings. The number of amides is 1. The Morgan fingerprint density at radius 1 is 1.02 bits per heavy atom. The SMILES string of the molecule is CCCOc1ccc(/C(O)=C2/C(=O)C(=O)N(c3nnc(SCc4ccc(C)cc4)s3)C2c2ccc(Br)cc2)cc1. The number of ketones is 1. The number of Topliss-reactive ketones (excluding diaryl/α,β-unsaturated/α-hetero) is 1. The lowest BCUT2D eigenvalue weighted by atomic mass is 9.95. The number of carbonyl (C=O) groups excluding carboxylic acids is 2. The molecule has 40 heavy (non-hydrogen) atoms. The van der Waals surface area contributed by atoms with E-state index in [0.29, 0.717) is 38.7 Å². The van der Waals surface area contributed by atoms with Crippen LogP contribution >= 0.6 is 39.0 Å². The maximum atomic E-state index is 13.4. The fourth-order valence-electron chi connectivity index (χ4n) is 4.26. The summed E-state index contributed by atoms with van der Waals surface area (Å²) in [6, 6.07) is 21.5. The van der Waals surface area contributed by atoms with Gasteiger partial charge in [0.05, 0.1) is 18.2 Å². The van der Waals surface area contributed by atoms with Crippen LogP contribution in [0.5, 0.6) is 5.75 Å². The first-order valence-corrected chi connectivity index (χ1v) is 15.3. The summed E-state index contributed by atoms with van der Waals surface area (Å²) in [6.07, 6.45) is 0.871. The Hall–Kier alpha value is -3.47. The quantitative estimate of drug-likeness (QED) is 0.0677. The molecular formula is C30H26BrN3O4S2. The largest absolute Gasteiger partial charge is 0.507 e. The van der Waals surface area contributed by atoms with Crippen LogP contribution < -0.4 is 9.64 Å². The number of hydrogen-bond donors (Lipinski definition) is 1. The van der Waals surface area contributed by atoms with E-state index in [-0.39, 0.29) is 11.3 Å². The van der Waals surface area contributed by atoms with E-state index in [4.69, 9.17) is 4.74 Å². The number of ether oxygens (including phenoxy) is 1. The highest BCUT2D eigenvalue weighted by molar-refractivity contribution is 9.10. The molecular weight excluding hydrogens is 610 g/mol. The minimum Gasteiger partial charge on any atom is -0.507 e. The highest BCUT2D eigenvalue weighted by Crippen LogP contribution is 2.44. The zero-order valence-electron chi connectivity index (χ0n) is 21.8. The van der Waals surface area contributed by atoms with Crippen molar-refractivity contribution in [1.82, 2.24) is 10.2 Å². The second-order valence-electron chi connectivity index (χ2n) is 9.22. The standard InChI is InChI=1S/C30H26BrN3O4S2/c1-3-16-38-23-14-10-21(11-15-23)26(35)24-25(20-8-12-22(31)13-9-20)34(28(37)27(24)36)29-32-33-30(40-29)39-17-19-6-4-18(2)5-7-19/h4-15,25,35H,3,16-17H2,1-2H3/b26-24-. The number of halogens is 1. The molecule has 0 saturated carbocycles. The maximum absolute atomic E-state index is 13.4. The predicted molar refractivity (Wildman–Crippen MR) is 162 cm³/mol. The van der Waals surface area contributed by atoms with Crippen LogP contribution in [0.15, 0.2) is 87.2 Å². The molecule has 1 aromatic heterocycles. The van der Waals surface area contributed by atoms with Gasteiger partial charge in [-0.15, -0.1) is 10.2 Å². The molecule has 5 rings (SSSR count). The second-order valence-corrected chi connectivity index (χ2v) is 12.3. The molecule has 1 atom stereocenters. The van der Waals surface area contributed by atoms with Crippen LogP contribution in [0.1, 0.15) is 41.6 Å². The van der Waals surface area contributed by atoms with Crippen LogP contribution in [0, 0.1) is 6.92 Å². The highest BCUT2D eigenvalue weighted by Gasteiger charge is 2.48. The van der Waals surface area contributed by atoms with Gasteiger partial charge in [-0.25, -0.2) is 0 Å². The summed E-state index contributed by atoms with van der Waals surface area (Å²) in [5, 5.41) is 20.2. The minimum absolute atomic E-state index is 0.00129. The first-order chi connectivity index (χ1) is 19.4. The van der Waals surface area contributed by atoms with Gasteiger partial charge in [0.15, 0.2) is 4.34 Å². The van der Waals surface area contributed by atoms with Crippen LogP contribution in [-0.4, -0.2) is 33.6 Å². The summed E-state index contributed by atoms with van der Waals surface area (Å²) >= 11 is 6.20.